The van der Waals surface area contributed by atoms with Crippen LogP contribution in [0.5, 0.6) is 0 Å². The molecule has 0 radical (unpaired) electrons. The van der Waals surface area contributed by atoms with Crippen molar-refractivity contribution in [1.82, 2.24) is 9.80 Å². The molecule has 0 saturated heterocycles. The van der Waals surface area contributed by atoms with E-state index < -0.39 is 50.1 Å². The second-order valence-electron chi connectivity index (χ2n) is 3.91. The summed E-state index contributed by atoms with van der Waals surface area (Å²) >= 11 is 0. The summed E-state index contributed by atoms with van der Waals surface area (Å²) in [6, 6.07) is 0. The maximum absolute atomic E-state index is 10.4. The monoisotopic (exact) mass is 492 g/mol. The van der Waals surface area contributed by atoms with Gasteiger partial charge in [-0.2, -0.15) is 0 Å². The number of hydrogen-bond donors (Lipinski definition) is 0. The van der Waals surface area contributed by atoms with Crippen molar-refractivity contribution in [3.8, 4) is 0 Å². The largest absolute Gasteiger partial charge is 2.00 e. The molecule has 0 heterocycles. The summed E-state index contributed by atoms with van der Waals surface area (Å²) in [7, 11) is 0. The molecule has 0 saturated carbocycles. The van der Waals surface area contributed by atoms with E-state index in [1.54, 1.807) is 0 Å². The molecule has 0 aliphatic heterocycles. The third kappa shape index (κ3) is 15.4. The minimum absolute atomic E-state index is 0. The molecule has 12 heteroatoms. The Morgan fingerprint density at radius 1 is 0.545 bits per heavy atom. The zero-order chi connectivity index (χ0) is 15.7. The molecule has 10 nitrogen and oxygen atoms in total. The van der Waals surface area contributed by atoms with Crippen LogP contribution in [0.2, 0.25) is 0 Å². The Morgan fingerprint density at radius 3 is 0.864 bits per heavy atom. The van der Waals surface area contributed by atoms with Crippen LogP contribution in [0.4, 0.5) is 0 Å². The van der Waals surface area contributed by atoms with Gasteiger partial charge in [-0.25, -0.2) is 0 Å². The first-order valence-electron chi connectivity index (χ1n) is 5.44. The van der Waals surface area contributed by atoms with Gasteiger partial charge in [0.25, 0.3) is 0 Å². The van der Waals surface area contributed by atoms with Gasteiger partial charge < -0.3 is 39.6 Å². The normalized spacial score (nSPS) is 9.73. The first kappa shape index (κ1) is 26.0. The summed E-state index contributed by atoms with van der Waals surface area (Å²) in [6.45, 7) is -3.25. The number of carbonyl (C=O) groups is 4. The summed E-state index contributed by atoms with van der Waals surface area (Å²) in [5.41, 5.74) is 0. The van der Waals surface area contributed by atoms with Gasteiger partial charge in [-0.3, -0.25) is 9.80 Å². The van der Waals surface area contributed by atoms with E-state index in [9.17, 15) is 39.6 Å². The average molecular weight is 490 g/mol. The Balaban J connectivity index is -0.00000180. The van der Waals surface area contributed by atoms with Crippen molar-refractivity contribution in [1.29, 1.82) is 0 Å². The molecule has 0 atom stereocenters. The third-order valence-electron chi connectivity index (χ3n) is 2.14. The molecular formula is C10H12N2O8Ru2. The van der Waals surface area contributed by atoms with E-state index in [1.165, 1.54) is 0 Å². The van der Waals surface area contributed by atoms with Crippen molar-refractivity contribution >= 4 is 23.9 Å². The molecule has 0 aromatic rings. The van der Waals surface area contributed by atoms with Crippen LogP contribution in [0, 0.1) is 0 Å². The van der Waals surface area contributed by atoms with Crippen molar-refractivity contribution < 1.29 is 78.6 Å². The number of rotatable bonds is 11. The standard InChI is InChI=1S/C10H16N2O8.2Ru/c13-7(14)3-11(4-8(15)16)1-2-12(5-9(17)18)6-10(19)20;;/h1-6H2,(H,13,14)(H,15,16)(H,17,18)(H,19,20);;/q;2*+2/p-4. The molecule has 0 spiro atoms. The SMILES string of the molecule is O=C([O-])CN(CCN(CC(=O)[O-])CC(=O)[O-])CC(=O)[O-].[Ru+2].[Ru+2]. The van der Waals surface area contributed by atoms with Gasteiger partial charge in [0.15, 0.2) is 0 Å². The number of nitrogens with zero attached hydrogens (tertiary/aromatic N) is 2. The van der Waals surface area contributed by atoms with E-state index in [4.69, 9.17) is 0 Å². The van der Waals surface area contributed by atoms with E-state index in [0.717, 1.165) is 9.80 Å². The van der Waals surface area contributed by atoms with Crippen molar-refractivity contribution in [2.75, 3.05) is 39.3 Å². The second-order valence-corrected chi connectivity index (χ2v) is 3.91. The van der Waals surface area contributed by atoms with Gasteiger partial charge >= 0.3 is 39.0 Å². The smallest absolute Gasteiger partial charge is 0.549 e. The predicted molar refractivity (Wildman–Crippen MR) is 52.9 cm³/mol. The minimum atomic E-state index is -1.53. The predicted octanol–water partition coefficient (Wildman–Crippen LogP) is -7.42. The fourth-order valence-electron chi connectivity index (χ4n) is 1.44. The van der Waals surface area contributed by atoms with E-state index in [-0.39, 0.29) is 52.0 Å². The van der Waals surface area contributed by atoms with Gasteiger partial charge in [-0.1, -0.05) is 0 Å². The van der Waals surface area contributed by atoms with E-state index in [2.05, 4.69) is 0 Å². The Labute approximate surface area is 151 Å². The Kier molecular flexibility index (Phi) is 16.2. The van der Waals surface area contributed by atoms with Gasteiger partial charge in [0, 0.05) is 39.3 Å². The molecule has 0 aromatic heterocycles. The third-order valence-corrected chi connectivity index (χ3v) is 2.14. The summed E-state index contributed by atoms with van der Waals surface area (Å²) in [5.74, 6) is -6.12. The number of aliphatic carboxylic acids is 4. The zero-order valence-electron chi connectivity index (χ0n) is 11.1. The molecule has 0 aliphatic rings. The molecular weight excluding hydrogens is 478 g/mol. The summed E-state index contributed by atoms with van der Waals surface area (Å²) in [5, 5.41) is 41.6. The average Bonchev–Trinajstić information content (AvgIpc) is 2.22. The molecule has 0 aromatic carbocycles. The van der Waals surface area contributed by atoms with Crippen molar-refractivity contribution in [3.63, 3.8) is 0 Å². The zero-order valence-corrected chi connectivity index (χ0v) is 14.6. The van der Waals surface area contributed by atoms with Gasteiger partial charge in [0.2, 0.25) is 0 Å². The van der Waals surface area contributed by atoms with Gasteiger partial charge in [0.1, 0.15) is 0 Å². The van der Waals surface area contributed by atoms with Crippen LogP contribution in [-0.4, -0.2) is 72.9 Å². The molecule has 22 heavy (non-hydrogen) atoms. The first-order chi connectivity index (χ1) is 9.20. The number of hydrogen-bond acceptors (Lipinski definition) is 10. The van der Waals surface area contributed by atoms with Crippen LogP contribution in [0.25, 0.3) is 0 Å². The fraction of sp³-hybridized carbons (Fsp3) is 0.600. The topological polar surface area (TPSA) is 167 Å². The Morgan fingerprint density at radius 2 is 0.727 bits per heavy atom. The van der Waals surface area contributed by atoms with Crippen LogP contribution in [0.3, 0.4) is 0 Å². The van der Waals surface area contributed by atoms with Crippen molar-refractivity contribution in [2.24, 2.45) is 0 Å². The maximum atomic E-state index is 10.4. The fourth-order valence-corrected chi connectivity index (χ4v) is 1.44. The molecule has 0 unspecified atom stereocenters. The van der Waals surface area contributed by atoms with Crippen LogP contribution in [0.1, 0.15) is 0 Å². The quantitative estimate of drug-likeness (QED) is 0.254. The summed E-state index contributed by atoms with van der Waals surface area (Å²) in [6.07, 6.45) is 0. The number of carbonyl (C=O) groups excluding carboxylic acids is 4. The maximum Gasteiger partial charge on any atom is 2.00 e. The molecule has 0 bridgehead atoms. The number of carboxylic acids is 4. The number of carboxylic acid groups (broad SMARTS) is 4. The van der Waals surface area contributed by atoms with Crippen molar-refractivity contribution in [2.45, 2.75) is 0 Å². The molecule has 0 aliphatic carbocycles. The van der Waals surface area contributed by atoms with E-state index in [0.29, 0.717) is 0 Å². The van der Waals surface area contributed by atoms with Crippen LogP contribution < -0.4 is 20.4 Å². The Bertz CT molecular complexity index is 325. The molecule has 0 N–H and O–H groups in total. The molecule has 0 fully saturated rings. The van der Waals surface area contributed by atoms with Crippen molar-refractivity contribution in [3.05, 3.63) is 0 Å². The van der Waals surface area contributed by atoms with Crippen LogP contribution >= 0.6 is 0 Å². The van der Waals surface area contributed by atoms with Crippen LogP contribution in [0.15, 0.2) is 0 Å². The second kappa shape index (κ2) is 13.7. The van der Waals surface area contributed by atoms with E-state index in [1.807, 2.05) is 0 Å². The summed E-state index contributed by atoms with van der Waals surface area (Å²) in [4.78, 5) is 43.4. The molecule has 126 valence electrons. The molecule has 0 amide bonds. The van der Waals surface area contributed by atoms with Gasteiger partial charge in [-0.15, -0.1) is 0 Å². The van der Waals surface area contributed by atoms with Gasteiger partial charge in [0.05, 0.1) is 23.9 Å². The first-order valence-corrected chi connectivity index (χ1v) is 5.44. The Hall–Kier alpha value is -0.953. The molecule has 0 rings (SSSR count). The summed E-state index contributed by atoms with van der Waals surface area (Å²) < 4.78 is 0. The minimum Gasteiger partial charge on any atom is -0.549 e. The van der Waals surface area contributed by atoms with Gasteiger partial charge in [-0.05, 0) is 0 Å². The van der Waals surface area contributed by atoms with E-state index >= 15 is 0 Å². The van der Waals surface area contributed by atoms with Crippen LogP contribution in [-0.2, 0) is 58.1 Å².